The first-order valence-corrected chi connectivity index (χ1v) is 6.43. The van der Waals surface area contributed by atoms with Crippen molar-refractivity contribution >= 4 is 23.2 Å². The highest BCUT2D eigenvalue weighted by atomic mass is 35.5. The number of piperidine rings is 1. The second kappa shape index (κ2) is 6.07. The summed E-state index contributed by atoms with van der Waals surface area (Å²) in [6.07, 6.45) is 1.77. The van der Waals surface area contributed by atoms with Crippen molar-refractivity contribution in [3.05, 3.63) is 23.2 Å². The fourth-order valence-electron chi connectivity index (χ4n) is 2.07. The van der Waals surface area contributed by atoms with E-state index in [0.717, 1.165) is 31.6 Å². The first-order valence-electron chi connectivity index (χ1n) is 6.06. The maximum Gasteiger partial charge on any atom is 0.227 e. The van der Waals surface area contributed by atoms with Crippen molar-refractivity contribution in [2.24, 2.45) is 5.92 Å². The molecule has 98 valence electrons. The van der Waals surface area contributed by atoms with Gasteiger partial charge in [-0.15, -0.1) is 0 Å². The molecule has 0 atom stereocenters. The molecule has 1 saturated heterocycles. The normalized spacial score (nSPS) is 16.3. The van der Waals surface area contributed by atoms with E-state index in [0.29, 0.717) is 10.8 Å². The lowest BCUT2D eigenvalue weighted by Crippen LogP contribution is -2.34. The number of hydrogen-bond donors (Lipinski definition) is 2. The molecule has 1 fully saturated rings. The number of nitrogens with one attached hydrogen (secondary N) is 2. The minimum atomic E-state index is 0.0703. The minimum Gasteiger partial charge on any atom is -0.495 e. The Hall–Kier alpha value is -1.26. The van der Waals surface area contributed by atoms with Crippen molar-refractivity contribution in [3.63, 3.8) is 0 Å². The molecular formula is C13H17ClN2O2. The predicted octanol–water partition coefficient (Wildman–Crippen LogP) is 2.29. The van der Waals surface area contributed by atoms with Crippen LogP contribution in [0.3, 0.4) is 0 Å². The quantitative estimate of drug-likeness (QED) is 0.884. The van der Waals surface area contributed by atoms with Gasteiger partial charge in [0.15, 0.2) is 0 Å². The molecule has 1 aromatic rings. The summed E-state index contributed by atoms with van der Waals surface area (Å²) in [5.74, 6) is 0.730. The van der Waals surface area contributed by atoms with Gasteiger partial charge < -0.3 is 15.4 Å². The van der Waals surface area contributed by atoms with E-state index in [1.807, 2.05) is 0 Å². The molecule has 0 bridgehead atoms. The van der Waals surface area contributed by atoms with Crippen molar-refractivity contribution in [1.29, 1.82) is 0 Å². The number of methoxy groups -OCH3 is 1. The number of rotatable bonds is 3. The second-order valence-electron chi connectivity index (χ2n) is 4.36. The molecule has 0 spiro atoms. The van der Waals surface area contributed by atoms with Crippen LogP contribution in [0.1, 0.15) is 12.8 Å². The fourth-order valence-corrected chi connectivity index (χ4v) is 2.26. The van der Waals surface area contributed by atoms with Gasteiger partial charge in [0.1, 0.15) is 5.75 Å². The monoisotopic (exact) mass is 268 g/mol. The number of halogens is 1. The molecule has 0 aromatic heterocycles. The molecular weight excluding hydrogens is 252 g/mol. The Morgan fingerprint density at radius 3 is 2.83 bits per heavy atom. The van der Waals surface area contributed by atoms with E-state index >= 15 is 0 Å². The highest BCUT2D eigenvalue weighted by molar-refractivity contribution is 6.32. The molecule has 0 radical (unpaired) electrons. The molecule has 1 heterocycles. The van der Waals surface area contributed by atoms with Crippen LogP contribution in [-0.4, -0.2) is 26.1 Å². The molecule has 0 aliphatic carbocycles. The molecule has 2 N–H and O–H groups in total. The predicted molar refractivity (Wildman–Crippen MR) is 72.2 cm³/mol. The van der Waals surface area contributed by atoms with Crippen LogP contribution < -0.4 is 15.4 Å². The minimum absolute atomic E-state index is 0.0703. The van der Waals surface area contributed by atoms with Crippen LogP contribution in [-0.2, 0) is 4.79 Å². The van der Waals surface area contributed by atoms with Gasteiger partial charge in [0.05, 0.1) is 12.1 Å². The lowest BCUT2D eigenvalue weighted by molar-refractivity contribution is -0.120. The van der Waals surface area contributed by atoms with Crippen molar-refractivity contribution < 1.29 is 9.53 Å². The fraction of sp³-hybridized carbons (Fsp3) is 0.462. The third-order valence-electron chi connectivity index (χ3n) is 3.13. The van der Waals surface area contributed by atoms with Crippen LogP contribution in [0.2, 0.25) is 5.02 Å². The molecule has 0 saturated carbocycles. The summed E-state index contributed by atoms with van der Waals surface area (Å²) in [7, 11) is 1.56. The van der Waals surface area contributed by atoms with Crippen molar-refractivity contribution in [2.75, 3.05) is 25.5 Å². The van der Waals surface area contributed by atoms with Crippen molar-refractivity contribution in [3.8, 4) is 5.75 Å². The highest BCUT2D eigenvalue weighted by Crippen LogP contribution is 2.27. The van der Waals surface area contributed by atoms with Crippen LogP contribution in [0.5, 0.6) is 5.75 Å². The van der Waals surface area contributed by atoms with Crippen LogP contribution in [0, 0.1) is 5.92 Å². The molecule has 1 aromatic carbocycles. The standard InChI is InChI=1S/C13H17ClN2O2/c1-18-12-8-10(2-3-11(12)14)16-13(17)9-4-6-15-7-5-9/h2-3,8-9,15H,4-7H2,1H3,(H,16,17). The van der Waals surface area contributed by atoms with Gasteiger partial charge in [-0.2, -0.15) is 0 Å². The van der Waals surface area contributed by atoms with E-state index < -0.39 is 0 Å². The van der Waals surface area contributed by atoms with Gasteiger partial charge >= 0.3 is 0 Å². The molecule has 1 aliphatic heterocycles. The van der Waals surface area contributed by atoms with Crippen molar-refractivity contribution in [1.82, 2.24) is 5.32 Å². The SMILES string of the molecule is COc1cc(NC(=O)C2CCNCC2)ccc1Cl. The number of ether oxygens (including phenoxy) is 1. The number of benzene rings is 1. The summed E-state index contributed by atoms with van der Waals surface area (Å²) >= 11 is 5.94. The van der Waals surface area contributed by atoms with Crippen LogP contribution in [0.15, 0.2) is 18.2 Å². The maximum atomic E-state index is 12.0. The van der Waals surface area contributed by atoms with E-state index in [1.165, 1.54) is 0 Å². The number of carbonyl (C=O) groups is 1. The molecule has 4 nitrogen and oxygen atoms in total. The number of hydrogen-bond acceptors (Lipinski definition) is 3. The Bertz CT molecular complexity index is 431. The Balaban J connectivity index is 2.02. The lowest BCUT2D eigenvalue weighted by atomic mass is 9.97. The summed E-state index contributed by atoms with van der Waals surface area (Å²) in [4.78, 5) is 12.0. The van der Waals surface area contributed by atoms with Crippen LogP contribution in [0.4, 0.5) is 5.69 Å². The van der Waals surface area contributed by atoms with Gasteiger partial charge in [0.25, 0.3) is 0 Å². The Morgan fingerprint density at radius 1 is 1.44 bits per heavy atom. The van der Waals surface area contributed by atoms with Gasteiger partial charge in [-0.05, 0) is 38.1 Å². The summed E-state index contributed by atoms with van der Waals surface area (Å²) in [6.45, 7) is 1.81. The largest absolute Gasteiger partial charge is 0.495 e. The molecule has 18 heavy (non-hydrogen) atoms. The Kier molecular flexibility index (Phi) is 4.44. The highest BCUT2D eigenvalue weighted by Gasteiger charge is 2.20. The van der Waals surface area contributed by atoms with Gasteiger partial charge in [-0.1, -0.05) is 11.6 Å². The average molecular weight is 269 g/mol. The van der Waals surface area contributed by atoms with Crippen molar-refractivity contribution in [2.45, 2.75) is 12.8 Å². The first kappa shape index (κ1) is 13.2. The van der Waals surface area contributed by atoms with Crippen LogP contribution in [0.25, 0.3) is 0 Å². The lowest BCUT2D eigenvalue weighted by Gasteiger charge is -2.21. The van der Waals surface area contributed by atoms with Gasteiger partial charge in [-0.25, -0.2) is 0 Å². The van der Waals surface area contributed by atoms with Gasteiger partial charge in [-0.3, -0.25) is 4.79 Å². The summed E-state index contributed by atoms with van der Waals surface area (Å²) in [5, 5.41) is 6.69. The molecule has 5 heteroatoms. The first-order chi connectivity index (χ1) is 8.70. The maximum absolute atomic E-state index is 12.0. The van der Waals surface area contributed by atoms with Gasteiger partial charge in [0.2, 0.25) is 5.91 Å². The summed E-state index contributed by atoms with van der Waals surface area (Å²) < 4.78 is 5.12. The molecule has 0 unspecified atom stereocenters. The zero-order valence-corrected chi connectivity index (χ0v) is 11.1. The molecule has 2 rings (SSSR count). The zero-order chi connectivity index (χ0) is 13.0. The average Bonchev–Trinajstić information content (AvgIpc) is 2.42. The third kappa shape index (κ3) is 3.15. The summed E-state index contributed by atoms with van der Waals surface area (Å²) in [5.41, 5.74) is 0.722. The van der Waals surface area contributed by atoms with Gasteiger partial charge in [0, 0.05) is 17.7 Å². The smallest absolute Gasteiger partial charge is 0.227 e. The van der Waals surface area contributed by atoms with E-state index in [-0.39, 0.29) is 11.8 Å². The number of amides is 1. The number of carbonyl (C=O) groups excluding carboxylic acids is 1. The van der Waals surface area contributed by atoms with E-state index in [9.17, 15) is 4.79 Å². The Morgan fingerprint density at radius 2 is 2.17 bits per heavy atom. The van der Waals surface area contributed by atoms with E-state index in [4.69, 9.17) is 16.3 Å². The molecule has 1 aliphatic rings. The van der Waals surface area contributed by atoms with E-state index in [2.05, 4.69) is 10.6 Å². The third-order valence-corrected chi connectivity index (χ3v) is 3.44. The van der Waals surface area contributed by atoms with Crippen LogP contribution >= 0.6 is 11.6 Å². The number of anilines is 1. The summed E-state index contributed by atoms with van der Waals surface area (Å²) in [6, 6.07) is 5.24. The topological polar surface area (TPSA) is 50.4 Å². The van der Waals surface area contributed by atoms with E-state index in [1.54, 1.807) is 25.3 Å². The molecule has 1 amide bonds. The second-order valence-corrected chi connectivity index (χ2v) is 4.77. The zero-order valence-electron chi connectivity index (χ0n) is 10.3. The Labute approximate surface area is 112 Å².